The van der Waals surface area contributed by atoms with E-state index in [1.807, 2.05) is 19.9 Å². The monoisotopic (exact) mass is 444 g/mol. The third kappa shape index (κ3) is 5.52. The lowest BCUT2D eigenvalue weighted by atomic mass is 10.1. The van der Waals surface area contributed by atoms with Crippen LogP contribution < -0.4 is 15.5 Å². The van der Waals surface area contributed by atoms with Crippen LogP contribution in [0.2, 0.25) is 5.02 Å². The molecule has 2 aromatic rings. The number of benzene rings is 2. The highest BCUT2D eigenvalue weighted by Crippen LogP contribution is 2.29. The minimum absolute atomic E-state index is 0.0411. The average molecular weight is 445 g/mol. The number of hydrogen-bond donors (Lipinski definition) is 2. The van der Waals surface area contributed by atoms with Gasteiger partial charge >= 0.3 is 0 Å². The molecule has 0 unspecified atom stereocenters. The number of nitro benzene ring substituents is 1. The molecule has 0 aromatic heterocycles. The van der Waals surface area contributed by atoms with Crippen LogP contribution >= 0.6 is 11.6 Å². The van der Waals surface area contributed by atoms with E-state index < -0.39 is 10.8 Å². The van der Waals surface area contributed by atoms with Crippen molar-refractivity contribution in [1.82, 2.24) is 5.32 Å². The van der Waals surface area contributed by atoms with Crippen molar-refractivity contribution in [2.24, 2.45) is 5.92 Å². The van der Waals surface area contributed by atoms with Crippen molar-refractivity contribution >= 4 is 40.5 Å². The number of nitrogens with one attached hydrogen (secondary N) is 2. The lowest BCUT2D eigenvalue weighted by molar-refractivity contribution is -0.384. The second-order valence-corrected chi connectivity index (χ2v) is 8.31. The lowest BCUT2D eigenvalue weighted by Crippen LogP contribution is -2.30. The Hall–Kier alpha value is -3.13. The zero-order valence-corrected chi connectivity index (χ0v) is 18.2. The molecule has 2 amide bonds. The number of rotatable bonds is 7. The fourth-order valence-corrected chi connectivity index (χ4v) is 3.61. The fraction of sp³-hybridized carbons (Fsp3) is 0.364. The number of halogens is 1. The Kier molecular flexibility index (Phi) is 7.12. The van der Waals surface area contributed by atoms with Crippen LogP contribution in [0.25, 0.3) is 0 Å². The first-order chi connectivity index (χ1) is 14.8. The second-order valence-electron chi connectivity index (χ2n) is 7.91. The van der Waals surface area contributed by atoms with Gasteiger partial charge in [-0.2, -0.15) is 0 Å². The number of amides is 2. The Morgan fingerprint density at radius 2 is 1.84 bits per heavy atom. The van der Waals surface area contributed by atoms with Gasteiger partial charge in [0.15, 0.2) is 0 Å². The van der Waals surface area contributed by atoms with Gasteiger partial charge in [0.25, 0.3) is 17.5 Å². The van der Waals surface area contributed by atoms with Gasteiger partial charge < -0.3 is 15.5 Å². The van der Waals surface area contributed by atoms with Crippen molar-refractivity contribution in [3.05, 3.63) is 62.7 Å². The number of hydrogen-bond acceptors (Lipinski definition) is 5. The molecule has 31 heavy (non-hydrogen) atoms. The Morgan fingerprint density at radius 1 is 1.13 bits per heavy atom. The van der Waals surface area contributed by atoms with Gasteiger partial charge in [-0.1, -0.05) is 25.4 Å². The molecule has 0 saturated carbocycles. The quantitative estimate of drug-likeness (QED) is 0.483. The molecular weight excluding hydrogens is 420 g/mol. The predicted octanol–water partition coefficient (Wildman–Crippen LogP) is 4.49. The Balaban J connectivity index is 1.86. The smallest absolute Gasteiger partial charge is 0.288 e. The lowest BCUT2D eigenvalue weighted by Gasteiger charge is -2.22. The molecule has 1 heterocycles. The number of anilines is 2. The average Bonchev–Trinajstić information content (AvgIpc) is 3.26. The van der Waals surface area contributed by atoms with E-state index in [2.05, 4.69) is 15.5 Å². The first kappa shape index (κ1) is 22.6. The van der Waals surface area contributed by atoms with Crippen molar-refractivity contribution in [3.63, 3.8) is 0 Å². The Bertz CT molecular complexity index is 1000. The molecule has 1 saturated heterocycles. The standard InChI is InChI=1S/C22H25ClN4O4/c1-14(2)13-24-22(29)17-12-16(6-8-19(17)26-9-3-4-10-26)25-21(28)15-5-7-18(23)20(11-15)27(30)31/h5-8,11-12,14H,3-4,9-10,13H2,1-2H3,(H,24,29)(H,25,28). The molecule has 0 bridgehead atoms. The maximum atomic E-state index is 12.9. The largest absolute Gasteiger partial charge is 0.371 e. The summed E-state index contributed by atoms with van der Waals surface area (Å²) in [5.74, 6) is -0.418. The molecule has 2 aromatic carbocycles. The van der Waals surface area contributed by atoms with Gasteiger partial charge in [-0.15, -0.1) is 0 Å². The first-order valence-corrected chi connectivity index (χ1v) is 10.6. The van der Waals surface area contributed by atoms with Gasteiger partial charge in [0.2, 0.25) is 0 Å². The highest BCUT2D eigenvalue weighted by Gasteiger charge is 2.21. The summed E-state index contributed by atoms with van der Waals surface area (Å²) in [7, 11) is 0. The van der Waals surface area contributed by atoms with Gasteiger partial charge in [-0.25, -0.2) is 0 Å². The highest BCUT2D eigenvalue weighted by molar-refractivity contribution is 6.32. The summed E-state index contributed by atoms with van der Waals surface area (Å²) in [4.78, 5) is 38.1. The van der Waals surface area contributed by atoms with Crippen LogP contribution in [-0.4, -0.2) is 36.4 Å². The minimum Gasteiger partial charge on any atom is -0.371 e. The van der Waals surface area contributed by atoms with Gasteiger partial charge in [0.05, 0.1) is 10.5 Å². The number of nitro groups is 1. The highest BCUT2D eigenvalue weighted by atomic mass is 35.5. The zero-order valence-electron chi connectivity index (χ0n) is 17.5. The molecule has 0 radical (unpaired) electrons. The molecule has 164 valence electrons. The van der Waals surface area contributed by atoms with E-state index in [9.17, 15) is 19.7 Å². The molecule has 0 atom stereocenters. The maximum absolute atomic E-state index is 12.9. The maximum Gasteiger partial charge on any atom is 0.288 e. The van der Waals surface area contributed by atoms with E-state index in [0.717, 1.165) is 37.7 Å². The summed E-state index contributed by atoms with van der Waals surface area (Å²) in [6.07, 6.45) is 2.14. The van der Waals surface area contributed by atoms with Crippen molar-refractivity contribution < 1.29 is 14.5 Å². The molecule has 8 nitrogen and oxygen atoms in total. The van der Waals surface area contributed by atoms with E-state index in [4.69, 9.17) is 11.6 Å². The number of carbonyl (C=O) groups excluding carboxylic acids is 2. The summed E-state index contributed by atoms with van der Waals surface area (Å²) in [6, 6.07) is 9.07. The zero-order chi connectivity index (χ0) is 22.5. The van der Waals surface area contributed by atoms with Crippen LogP contribution in [0.1, 0.15) is 47.4 Å². The Labute approximate surface area is 185 Å². The van der Waals surface area contributed by atoms with Crippen LogP contribution in [0.15, 0.2) is 36.4 Å². The van der Waals surface area contributed by atoms with Crippen LogP contribution in [0.4, 0.5) is 17.1 Å². The van der Waals surface area contributed by atoms with Crippen molar-refractivity contribution in [2.45, 2.75) is 26.7 Å². The summed E-state index contributed by atoms with van der Waals surface area (Å²) in [5, 5.41) is 16.7. The molecule has 9 heteroatoms. The molecule has 1 aliphatic heterocycles. The molecular formula is C22H25ClN4O4. The van der Waals surface area contributed by atoms with Gasteiger partial charge in [-0.3, -0.25) is 19.7 Å². The molecule has 1 aliphatic rings. The van der Waals surface area contributed by atoms with Crippen molar-refractivity contribution in [2.75, 3.05) is 29.9 Å². The Morgan fingerprint density at radius 3 is 2.48 bits per heavy atom. The van der Waals surface area contributed by atoms with Gasteiger partial charge in [0.1, 0.15) is 5.02 Å². The summed E-state index contributed by atoms with van der Waals surface area (Å²) in [5.41, 5.74) is 1.51. The number of nitrogens with zero attached hydrogens (tertiary/aromatic N) is 2. The van der Waals surface area contributed by atoms with E-state index in [0.29, 0.717) is 23.7 Å². The van der Waals surface area contributed by atoms with Crippen molar-refractivity contribution in [1.29, 1.82) is 0 Å². The second kappa shape index (κ2) is 9.78. The molecule has 0 aliphatic carbocycles. The third-order valence-corrected chi connectivity index (χ3v) is 5.34. The van der Waals surface area contributed by atoms with Gasteiger partial charge in [-0.05, 0) is 49.1 Å². The molecule has 2 N–H and O–H groups in total. The summed E-state index contributed by atoms with van der Waals surface area (Å²) >= 11 is 5.82. The van der Waals surface area contributed by atoms with E-state index in [1.54, 1.807) is 12.1 Å². The van der Waals surface area contributed by atoms with Gasteiger partial charge in [0, 0.05) is 42.6 Å². The van der Waals surface area contributed by atoms with Crippen LogP contribution in [0.3, 0.4) is 0 Å². The van der Waals surface area contributed by atoms with Crippen LogP contribution in [0.5, 0.6) is 0 Å². The molecule has 3 rings (SSSR count). The molecule has 0 spiro atoms. The summed E-state index contributed by atoms with van der Waals surface area (Å²) in [6.45, 7) is 6.34. The first-order valence-electron chi connectivity index (χ1n) is 10.2. The topological polar surface area (TPSA) is 105 Å². The summed E-state index contributed by atoms with van der Waals surface area (Å²) < 4.78 is 0. The van der Waals surface area contributed by atoms with Crippen LogP contribution in [0, 0.1) is 16.0 Å². The minimum atomic E-state index is -0.638. The van der Waals surface area contributed by atoms with E-state index in [-0.39, 0.29) is 22.2 Å². The predicted molar refractivity (Wildman–Crippen MR) is 121 cm³/mol. The SMILES string of the molecule is CC(C)CNC(=O)c1cc(NC(=O)c2ccc(Cl)c([N+](=O)[O-])c2)ccc1N1CCCC1. The van der Waals surface area contributed by atoms with Crippen LogP contribution in [-0.2, 0) is 0 Å². The van der Waals surface area contributed by atoms with Crippen molar-refractivity contribution in [3.8, 4) is 0 Å². The normalized spacial score (nSPS) is 13.4. The van der Waals surface area contributed by atoms with E-state index >= 15 is 0 Å². The number of carbonyl (C=O) groups is 2. The fourth-order valence-electron chi connectivity index (χ4n) is 3.42. The van der Waals surface area contributed by atoms with E-state index in [1.165, 1.54) is 12.1 Å². The molecule has 1 fully saturated rings. The third-order valence-electron chi connectivity index (χ3n) is 5.02.